The van der Waals surface area contributed by atoms with Crippen LogP contribution in [0.25, 0.3) is 5.65 Å². The van der Waals surface area contributed by atoms with Crippen molar-refractivity contribution in [2.45, 2.75) is 19.9 Å². The van der Waals surface area contributed by atoms with Gasteiger partial charge in [0.2, 0.25) is 0 Å². The van der Waals surface area contributed by atoms with Crippen LogP contribution < -0.4 is 5.32 Å². The number of pyridine rings is 1. The molecule has 0 saturated carbocycles. The zero-order valence-corrected chi connectivity index (χ0v) is 10.5. The third-order valence-corrected chi connectivity index (χ3v) is 2.97. The predicted octanol–water partition coefficient (Wildman–Crippen LogP) is 1.08. The monoisotopic (exact) mass is 247 g/mol. The molecule has 0 radical (unpaired) electrons. The molecule has 0 aliphatic carbocycles. The number of rotatable bonds is 4. The van der Waals surface area contributed by atoms with E-state index in [1.54, 1.807) is 16.8 Å². The highest BCUT2D eigenvalue weighted by Crippen LogP contribution is 2.07. The molecule has 96 valence electrons. The van der Waals surface area contributed by atoms with Gasteiger partial charge < -0.3 is 10.4 Å². The number of hydrogen-bond donors (Lipinski definition) is 2. The summed E-state index contributed by atoms with van der Waals surface area (Å²) < 4.78 is 1.73. The molecule has 0 spiro atoms. The Kier molecular flexibility index (Phi) is 3.62. The summed E-state index contributed by atoms with van der Waals surface area (Å²) in [6.45, 7) is 3.84. The van der Waals surface area contributed by atoms with E-state index in [4.69, 9.17) is 0 Å². The summed E-state index contributed by atoms with van der Waals surface area (Å²) >= 11 is 0. The molecular formula is C13H17N3O2. The van der Waals surface area contributed by atoms with Crippen LogP contribution in [0.2, 0.25) is 0 Å². The lowest BCUT2D eigenvalue weighted by molar-refractivity contribution is 0.0891. The molecule has 0 aromatic carbocycles. The van der Waals surface area contributed by atoms with Gasteiger partial charge in [-0.15, -0.1) is 0 Å². The quantitative estimate of drug-likeness (QED) is 0.849. The van der Waals surface area contributed by atoms with Gasteiger partial charge >= 0.3 is 0 Å². The van der Waals surface area contributed by atoms with Crippen molar-refractivity contribution in [3.8, 4) is 0 Å². The fraction of sp³-hybridized carbons (Fsp3) is 0.385. The van der Waals surface area contributed by atoms with E-state index in [-0.39, 0.29) is 24.5 Å². The first-order valence-electron chi connectivity index (χ1n) is 5.97. The van der Waals surface area contributed by atoms with Crippen molar-refractivity contribution in [2.24, 2.45) is 5.92 Å². The van der Waals surface area contributed by atoms with Crippen molar-refractivity contribution >= 4 is 11.6 Å². The van der Waals surface area contributed by atoms with Gasteiger partial charge in [-0.3, -0.25) is 9.20 Å². The number of imidazole rings is 1. The first-order valence-corrected chi connectivity index (χ1v) is 5.97. The molecule has 2 N–H and O–H groups in total. The average Bonchev–Trinajstić information content (AvgIpc) is 2.79. The maximum absolute atomic E-state index is 12.1. The van der Waals surface area contributed by atoms with Crippen LogP contribution in [0.4, 0.5) is 0 Å². The van der Waals surface area contributed by atoms with Crippen molar-refractivity contribution in [3.63, 3.8) is 0 Å². The van der Waals surface area contributed by atoms with E-state index >= 15 is 0 Å². The molecule has 18 heavy (non-hydrogen) atoms. The minimum absolute atomic E-state index is 0.0693. The Hall–Kier alpha value is -1.88. The van der Waals surface area contributed by atoms with Gasteiger partial charge in [-0.2, -0.15) is 0 Å². The zero-order chi connectivity index (χ0) is 13.1. The van der Waals surface area contributed by atoms with E-state index in [9.17, 15) is 9.90 Å². The number of fused-ring (bicyclic) bond motifs is 1. The molecule has 2 aromatic rings. The lowest BCUT2D eigenvalue weighted by Gasteiger charge is -2.19. The normalized spacial score (nSPS) is 12.9. The highest BCUT2D eigenvalue weighted by molar-refractivity contribution is 5.93. The van der Waals surface area contributed by atoms with Gasteiger partial charge in [-0.05, 0) is 18.1 Å². The Bertz CT molecular complexity index is 548. The highest BCUT2D eigenvalue weighted by atomic mass is 16.3. The smallest absolute Gasteiger partial charge is 0.270 e. The molecular weight excluding hydrogens is 230 g/mol. The summed E-state index contributed by atoms with van der Waals surface area (Å²) in [5.74, 6) is -0.0421. The number of nitrogens with one attached hydrogen (secondary N) is 1. The molecule has 5 nitrogen and oxygen atoms in total. The predicted molar refractivity (Wildman–Crippen MR) is 68.4 cm³/mol. The fourth-order valence-electron chi connectivity index (χ4n) is 1.77. The Balaban J connectivity index is 2.23. The first kappa shape index (κ1) is 12.6. The fourth-order valence-corrected chi connectivity index (χ4v) is 1.77. The standard InChI is InChI=1S/C13H17N3O2/c1-9(2)10(8-17)15-13(18)11-7-14-12-5-3-4-6-16(11)12/h3-7,9-10,17H,8H2,1-2H3,(H,15,18)/t10-/m1/s1. The van der Waals surface area contributed by atoms with Crippen LogP contribution in [-0.2, 0) is 0 Å². The number of nitrogens with zero attached hydrogens (tertiary/aromatic N) is 2. The molecule has 0 bridgehead atoms. The van der Waals surface area contributed by atoms with Gasteiger partial charge in [0.1, 0.15) is 11.3 Å². The van der Waals surface area contributed by atoms with Crippen LogP contribution in [-0.4, -0.2) is 33.0 Å². The highest BCUT2D eigenvalue weighted by Gasteiger charge is 2.18. The third-order valence-electron chi connectivity index (χ3n) is 2.97. The van der Waals surface area contributed by atoms with Crippen molar-refractivity contribution in [3.05, 3.63) is 36.3 Å². The SMILES string of the molecule is CC(C)[C@@H](CO)NC(=O)c1cnc2ccccn12. The van der Waals surface area contributed by atoms with Crippen LogP contribution in [0, 0.1) is 5.92 Å². The van der Waals surface area contributed by atoms with E-state index in [1.807, 2.05) is 32.0 Å². The second-order valence-electron chi connectivity index (χ2n) is 4.58. The summed E-state index contributed by atoms with van der Waals surface area (Å²) in [5, 5.41) is 12.0. The maximum atomic E-state index is 12.1. The van der Waals surface area contributed by atoms with Gasteiger partial charge in [-0.25, -0.2) is 4.98 Å². The van der Waals surface area contributed by atoms with E-state index in [2.05, 4.69) is 10.3 Å². The molecule has 0 unspecified atom stereocenters. The molecule has 0 saturated heterocycles. The number of carbonyl (C=O) groups is 1. The van der Waals surface area contributed by atoms with E-state index in [1.165, 1.54) is 0 Å². The number of carbonyl (C=O) groups excluding carboxylic acids is 1. The average molecular weight is 247 g/mol. The maximum Gasteiger partial charge on any atom is 0.270 e. The molecule has 2 rings (SSSR count). The van der Waals surface area contributed by atoms with E-state index in [0.717, 1.165) is 5.65 Å². The van der Waals surface area contributed by atoms with Gasteiger partial charge in [0, 0.05) is 6.20 Å². The van der Waals surface area contributed by atoms with Crippen LogP contribution >= 0.6 is 0 Å². The number of hydrogen-bond acceptors (Lipinski definition) is 3. The summed E-state index contributed by atoms with van der Waals surface area (Å²) in [7, 11) is 0. The zero-order valence-electron chi connectivity index (χ0n) is 10.5. The molecule has 5 heteroatoms. The number of aromatic nitrogens is 2. The van der Waals surface area contributed by atoms with Gasteiger partial charge in [0.05, 0.1) is 18.8 Å². The molecule has 0 aliphatic rings. The molecule has 0 fully saturated rings. The molecule has 1 amide bonds. The van der Waals surface area contributed by atoms with Gasteiger partial charge in [0.15, 0.2) is 0 Å². The minimum atomic E-state index is -0.244. The van der Waals surface area contributed by atoms with Gasteiger partial charge in [0.25, 0.3) is 5.91 Å². The van der Waals surface area contributed by atoms with Crippen LogP contribution in [0.1, 0.15) is 24.3 Å². The Labute approximate surface area is 105 Å². The third kappa shape index (κ3) is 2.36. The molecule has 2 heterocycles. The number of amides is 1. The second-order valence-corrected chi connectivity index (χ2v) is 4.58. The Morgan fingerprint density at radius 2 is 2.28 bits per heavy atom. The molecule has 2 aromatic heterocycles. The number of aliphatic hydroxyl groups is 1. The summed E-state index contributed by atoms with van der Waals surface area (Å²) in [4.78, 5) is 16.3. The molecule has 1 atom stereocenters. The van der Waals surface area contributed by atoms with Crippen LogP contribution in [0.15, 0.2) is 30.6 Å². The molecule has 0 aliphatic heterocycles. The minimum Gasteiger partial charge on any atom is -0.394 e. The van der Waals surface area contributed by atoms with Crippen molar-refractivity contribution in [2.75, 3.05) is 6.61 Å². The lowest BCUT2D eigenvalue weighted by atomic mass is 10.1. The van der Waals surface area contributed by atoms with Crippen LogP contribution in [0.3, 0.4) is 0 Å². The Morgan fingerprint density at radius 1 is 1.50 bits per heavy atom. The summed E-state index contributed by atoms with van der Waals surface area (Å²) in [6.07, 6.45) is 3.33. The van der Waals surface area contributed by atoms with E-state index in [0.29, 0.717) is 5.69 Å². The first-order chi connectivity index (χ1) is 8.63. The Morgan fingerprint density at radius 3 is 2.94 bits per heavy atom. The summed E-state index contributed by atoms with van der Waals surface area (Å²) in [5.41, 5.74) is 1.21. The largest absolute Gasteiger partial charge is 0.394 e. The van der Waals surface area contributed by atoms with E-state index < -0.39 is 0 Å². The topological polar surface area (TPSA) is 66.6 Å². The van der Waals surface area contributed by atoms with Crippen molar-refractivity contribution in [1.29, 1.82) is 0 Å². The van der Waals surface area contributed by atoms with Crippen molar-refractivity contribution < 1.29 is 9.90 Å². The van der Waals surface area contributed by atoms with Gasteiger partial charge in [-0.1, -0.05) is 19.9 Å². The number of aliphatic hydroxyl groups excluding tert-OH is 1. The lowest BCUT2D eigenvalue weighted by Crippen LogP contribution is -2.41. The van der Waals surface area contributed by atoms with Crippen LogP contribution in [0.5, 0.6) is 0 Å². The second kappa shape index (κ2) is 5.18. The summed E-state index contributed by atoms with van der Waals surface area (Å²) in [6, 6.07) is 5.31. The van der Waals surface area contributed by atoms with Crippen molar-refractivity contribution in [1.82, 2.24) is 14.7 Å².